The van der Waals surface area contributed by atoms with Crippen LogP contribution in [0, 0.1) is 6.92 Å². The number of nitrogens with one attached hydrogen (secondary N) is 2. The lowest BCUT2D eigenvalue weighted by atomic mass is 10.0. The molecule has 2 aromatic heterocycles. The summed E-state index contributed by atoms with van der Waals surface area (Å²) in [6.45, 7) is 3.27. The van der Waals surface area contributed by atoms with Crippen molar-refractivity contribution in [1.29, 1.82) is 0 Å². The molecule has 0 fully saturated rings. The second-order valence-corrected chi connectivity index (χ2v) is 4.38. The Morgan fingerprint density at radius 1 is 1.58 bits per heavy atom. The van der Waals surface area contributed by atoms with Gasteiger partial charge in [0.15, 0.2) is 5.82 Å². The fourth-order valence-corrected chi connectivity index (χ4v) is 1.51. The summed E-state index contributed by atoms with van der Waals surface area (Å²) >= 11 is 0. The van der Waals surface area contributed by atoms with E-state index < -0.39 is 11.6 Å². The number of aryl methyl sites for hydroxylation is 1. The van der Waals surface area contributed by atoms with Crippen molar-refractivity contribution in [3.63, 3.8) is 0 Å². The quantitative estimate of drug-likeness (QED) is 0.779. The lowest BCUT2D eigenvalue weighted by Gasteiger charge is -2.20. The molecule has 0 aliphatic rings. The largest absolute Gasteiger partial charge is 0.466 e. The van der Waals surface area contributed by atoms with Crippen molar-refractivity contribution in [3.05, 3.63) is 36.0 Å². The van der Waals surface area contributed by atoms with Crippen molar-refractivity contribution >= 4 is 11.8 Å². The Kier molecular flexibility index (Phi) is 3.57. The molecule has 3 N–H and O–H groups in total. The normalized spacial score (nSPS) is 13.8. The maximum atomic E-state index is 11.6. The van der Waals surface area contributed by atoms with Crippen LogP contribution in [0.5, 0.6) is 0 Å². The van der Waals surface area contributed by atoms with E-state index in [0.29, 0.717) is 17.3 Å². The molecule has 0 aliphatic heterocycles. The molecule has 2 rings (SSSR count). The molecule has 0 saturated heterocycles. The third kappa shape index (κ3) is 3.35. The maximum absolute atomic E-state index is 11.6. The number of hydrogen-bond acceptors (Lipinski definition) is 5. The van der Waals surface area contributed by atoms with E-state index in [4.69, 9.17) is 8.94 Å². The van der Waals surface area contributed by atoms with Crippen LogP contribution in [-0.4, -0.2) is 22.8 Å². The molecule has 7 heteroatoms. The maximum Gasteiger partial charge on any atom is 0.320 e. The Hall–Kier alpha value is -2.28. The molecular formula is C12H15N3O4. The van der Waals surface area contributed by atoms with Gasteiger partial charge in [0.25, 0.3) is 0 Å². The lowest BCUT2D eigenvalue weighted by molar-refractivity contribution is 0.0372. The molecule has 2 aromatic rings. The van der Waals surface area contributed by atoms with Crippen molar-refractivity contribution < 1.29 is 18.8 Å². The van der Waals surface area contributed by atoms with Crippen LogP contribution >= 0.6 is 0 Å². The minimum absolute atomic E-state index is 0.00315. The van der Waals surface area contributed by atoms with Gasteiger partial charge < -0.3 is 19.4 Å². The number of carbonyl (C=O) groups excluding carboxylic acids is 1. The Morgan fingerprint density at radius 3 is 2.95 bits per heavy atom. The van der Waals surface area contributed by atoms with Gasteiger partial charge in [-0.2, -0.15) is 0 Å². The van der Waals surface area contributed by atoms with E-state index in [2.05, 4.69) is 15.8 Å². The highest BCUT2D eigenvalue weighted by atomic mass is 16.5. The summed E-state index contributed by atoms with van der Waals surface area (Å²) in [6.07, 6.45) is 1.46. The number of amides is 2. The summed E-state index contributed by atoms with van der Waals surface area (Å²) in [7, 11) is 0. The van der Waals surface area contributed by atoms with Gasteiger partial charge in [0.05, 0.1) is 12.8 Å². The van der Waals surface area contributed by atoms with E-state index in [-0.39, 0.29) is 6.54 Å². The monoisotopic (exact) mass is 265 g/mol. The van der Waals surface area contributed by atoms with Gasteiger partial charge in [-0.1, -0.05) is 5.16 Å². The second kappa shape index (κ2) is 5.15. The van der Waals surface area contributed by atoms with Gasteiger partial charge in [0.1, 0.15) is 17.1 Å². The Bertz CT molecular complexity index is 545. The first-order valence-electron chi connectivity index (χ1n) is 5.72. The molecule has 0 radical (unpaired) electrons. The standard InChI is InChI=1S/C12H15N3O4/c1-8-6-10(15-19-8)14-11(16)13-7-12(2,17)9-4-3-5-18-9/h3-6,17H,7H2,1-2H3,(H2,13,14,15,16). The van der Waals surface area contributed by atoms with Crippen molar-refractivity contribution in [2.75, 3.05) is 11.9 Å². The number of aromatic nitrogens is 1. The Labute approximate surface area is 109 Å². The number of hydrogen-bond donors (Lipinski definition) is 3. The SMILES string of the molecule is Cc1cc(NC(=O)NCC(C)(O)c2ccco2)no1. The molecule has 2 amide bonds. The van der Waals surface area contributed by atoms with Crippen LogP contribution in [0.3, 0.4) is 0 Å². The molecule has 19 heavy (non-hydrogen) atoms. The number of aliphatic hydroxyl groups is 1. The van der Waals surface area contributed by atoms with E-state index in [9.17, 15) is 9.90 Å². The van der Waals surface area contributed by atoms with Gasteiger partial charge in [-0.25, -0.2) is 4.79 Å². The molecule has 0 bridgehead atoms. The summed E-state index contributed by atoms with van der Waals surface area (Å²) in [5, 5.41) is 18.8. The van der Waals surface area contributed by atoms with Crippen LogP contribution < -0.4 is 10.6 Å². The highest BCUT2D eigenvalue weighted by molar-refractivity contribution is 5.88. The zero-order valence-electron chi connectivity index (χ0n) is 10.6. The summed E-state index contributed by atoms with van der Waals surface area (Å²) in [5.74, 6) is 1.29. The fourth-order valence-electron chi connectivity index (χ4n) is 1.51. The van der Waals surface area contributed by atoms with Crippen LogP contribution in [-0.2, 0) is 5.60 Å². The average Bonchev–Trinajstić information content (AvgIpc) is 2.98. The minimum atomic E-state index is -1.28. The zero-order valence-corrected chi connectivity index (χ0v) is 10.6. The third-order valence-electron chi connectivity index (χ3n) is 2.51. The highest BCUT2D eigenvalue weighted by Crippen LogP contribution is 2.19. The fraction of sp³-hybridized carbons (Fsp3) is 0.333. The van der Waals surface area contributed by atoms with Gasteiger partial charge in [-0.05, 0) is 26.0 Å². The van der Waals surface area contributed by atoms with Crippen LogP contribution in [0.4, 0.5) is 10.6 Å². The van der Waals surface area contributed by atoms with E-state index in [0.717, 1.165) is 0 Å². The highest BCUT2D eigenvalue weighted by Gasteiger charge is 2.26. The predicted molar refractivity (Wildman–Crippen MR) is 66.5 cm³/mol. The van der Waals surface area contributed by atoms with Crippen LogP contribution in [0.15, 0.2) is 33.4 Å². The van der Waals surface area contributed by atoms with E-state index in [1.54, 1.807) is 32.0 Å². The number of carbonyl (C=O) groups is 1. The van der Waals surface area contributed by atoms with E-state index in [1.807, 2.05) is 0 Å². The predicted octanol–water partition coefficient (Wildman–Crippen LogP) is 1.61. The van der Waals surface area contributed by atoms with Gasteiger partial charge in [-0.15, -0.1) is 0 Å². The average molecular weight is 265 g/mol. The van der Waals surface area contributed by atoms with Crippen LogP contribution in [0.2, 0.25) is 0 Å². The molecular weight excluding hydrogens is 250 g/mol. The molecule has 7 nitrogen and oxygen atoms in total. The minimum Gasteiger partial charge on any atom is -0.466 e. The molecule has 102 valence electrons. The van der Waals surface area contributed by atoms with Crippen LogP contribution in [0.1, 0.15) is 18.4 Å². The summed E-state index contributed by atoms with van der Waals surface area (Å²) in [6, 6.07) is 4.41. The summed E-state index contributed by atoms with van der Waals surface area (Å²) in [4.78, 5) is 11.6. The Balaban J connectivity index is 1.87. The molecule has 2 heterocycles. The molecule has 0 aliphatic carbocycles. The van der Waals surface area contributed by atoms with E-state index in [1.165, 1.54) is 6.26 Å². The first-order chi connectivity index (χ1) is 8.97. The molecule has 0 aromatic carbocycles. The van der Waals surface area contributed by atoms with Gasteiger partial charge in [0.2, 0.25) is 0 Å². The number of urea groups is 1. The Morgan fingerprint density at radius 2 is 2.37 bits per heavy atom. The zero-order chi connectivity index (χ0) is 13.9. The first-order valence-corrected chi connectivity index (χ1v) is 5.72. The van der Waals surface area contributed by atoms with E-state index >= 15 is 0 Å². The van der Waals surface area contributed by atoms with Crippen molar-refractivity contribution in [1.82, 2.24) is 10.5 Å². The molecule has 0 spiro atoms. The number of nitrogens with zero attached hydrogens (tertiary/aromatic N) is 1. The number of anilines is 1. The first kappa shape index (κ1) is 13.2. The van der Waals surface area contributed by atoms with Crippen molar-refractivity contribution in [2.24, 2.45) is 0 Å². The lowest BCUT2D eigenvalue weighted by Crippen LogP contribution is -2.40. The summed E-state index contributed by atoms with van der Waals surface area (Å²) < 4.78 is 9.92. The third-order valence-corrected chi connectivity index (χ3v) is 2.51. The van der Waals surface area contributed by atoms with Gasteiger partial charge in [0, 0.05) is 6.07 Å². The second-order valence-electron chi connectivity index (χ2n) is 4.38. The topological polar surface area (TPSA) is 101 Å². The number of furan rings is 1. The van der Waals surface area contributed by atoms with Crippen molar-refractivity contribution in [3.8, 4) is 0 Å². The molecule has 1 unspecified atom stereocenters. The van der Waals surface area contributed by atoms with Crippen molar-refractivity contribution in [2.45, 2.75) is 19.4 Å². The van der Waals surface area contributed by atoms with Crippen LogP contribution in [0.25, 0.3) is 0 Å². The van der Waals surface area contributed by atoms with Gasteiger partial charge >= 0.3 is 6.03 Å². The summed E-state index contributed by atoms with van der Waals surface area (Å²) in [5.41, 5.74) is -1.28. The molecule has 0 saturated carbocycles. The number of rotatable bonds is 4. The van der Waals surface area contributed by atoms with Gasteiger partial charge in [-0.3, -0.25) is 5.32 Å². The smallest absolute Gasteiger partial charge is 0.320 e. The molecule has 1 atom stereocenters.